The Morgan fingerprint density at radius 3 is 2.50 bits per heavy atom. The Bertz CT molecular complexity index is 635. The molecule has 0 saturated heterocycles. The molecule has 22 heavy (non-hydrogen) atoms. The van der Waals surface area contributed by atoms with E-state index in [2.05, 4.69) is 26.6 Å². The molecular weight excluding hydrogens is 350 g/mol. The third kappa shape index (κ3) is 4.90. The summed E-state index contributed by atoms with van der Waals surface area (Å²) < 4.78 is 0.773. The molecule has 0 aliphatic rings. The molecule has 1 atom stereocenters. The number of rotatable bonds is 6. The van der Waals surface area contributed by atoms with Crippen molar-refractivity contribution in [3.63, 3.8) is 0 Å². The summed E-state index contributed by atoms with van der Waals surface area (Å²) in [7, 11) is 0. The molecule has 0 fully saturated rings. The number of benzene rings is 1. The quantitative estimate of drug-likeness (QED) is 0.530. The van der Waals surface area contributed by atoms with Crippen LogP contribution in [0.2, 0.25) is 0 Å². The Balaban J connectivity index is 2.85. The first-order chi connectivity index (χ1) is 10.4. The number of carboxylic acids is 1. The van der Waals surface area contributed by atoms with Gasteiger partial charge in [-0.25, -0.2) is 4.79 Å². The minimum absolute atomic E-state index is 0.206. The number of hydrogen-bond donors (Lipinski definition) is 3. The monoisotopic (exact) mass is 365 g/mol. The van der Waals surface area contributed by atoms with Gasteiger partial charge in [-0.05, 0) is 34.0 Å². The van der Waals surface area contributed by atoms with E-state index in [0.717, 1.165) is 4.47 Å². The molecule has 0 saturated carbocycles. The van der Waals surface area contributed by atoms with Crippen molar-refractivity contribution in [2.24, 2.45) is 5.92 Å². The molecule has 0 aromatic heterocycles. The van der Waals surface area contributed by atoms with E-state index in [1.807, 2.05) is 12.1 Å². The van der Waals surface area contributed by atoms with Crippen LogP contribution >= 0.6 is 15.9 Å². The molecule has 1 amide bonds. The summed E-state index contributed by atoms with van der Waals surface area (Å²) in [5, 5.41) is 23.3. The molecule has 6 nitrogen and oxygen atoms in total. The van der Waals surface area contributed by atoms with Crippen LogP contribution < -0.4 is 10.6 Å². The molecule has 0 heterocycles. The second-order valence-corrected chi connectivity index (χ2v) is 5.68. The van der Waals surface area contributed by atoms with Crippen LogP contribution in [0.5, 0.6) is 0 Å². The average Bonchev–Trinajstić information content (AvgIpc) is 2.46. The number of carboxylic acid groups (broad SMARTS) is 1. The van der Waals surface area contributed by atoms with Gasteiger partial charge >= 0.3 is 5.97 Å². The number of carbonyl (C=O) groups excluding carboxylic acids is 1. The Kier molecular flexibility index (Phi) is 6.60. The smallest absolute Gasteiger partial charge is 0.326 e. The summed E-state index contributed by atoms with van der Waals surface area (Å²) in [6.07, 6.45) is 1.24. The first kappa shape index (κ1) is 17.7. The van der Waals surface area contributed by atoms with E-state index >= 15 is 0 Å². The fourth-order valence-electron chi connectivity index (χ4n) is 1.61. The molecule has 1 unspecified atom stereocenters. The standard InChI is InChI=1S/C15H16BrN3O3/c1-9(2)13(15(21)22)19-14(20)10(7-17)8-18-12-6-4-3-5-11(12)16/h3-6,8-9,13,18H,1-2H3,(H,19,20)(H,21,22)/b10-8-. The number of nitriles is 1. The number of para-hydroxylation sites is 1. The van der Waals surface area contributed by atoms with Gasteiger partial charge in [0.05, 0.1) is 5.69 Å². The van der Waals surface area contributed by atoms with E-state index in [9.17, 15) is 9.59 Å². The Morgan fingerprint density at radius 1 is 1.36 bits per heavy atom. The van der Waals surface area contributed by atoms with Gasteiger partial charge in [0.1, 0.15) is 17.7 Å². The van der Waals surface area contributed by atoms with E-state index in [1.165, 1.54) is 6.20 Å². The Hall–Kier alpha value is -2.33. The Morgan fingerprint density at radius 2 is 2.00 bits per heavy atom. The molecule has 116 valence electrons. The number of halogens is 1. The normalized spacial score (nSPS) is 12.4. The lowest BCUT2D eigenvalue weighted by Crippen LogP contribution is -2.44. The maximum Gasteiger partial charge on any atom is 0.326 e. The van der Waals surface area contributed by atoms with E-state index in [0.29, 0.717) is 5.69 Å². The van der Waals surface area contributed by atoms with E-state index in [-0.39, 0.29) is 11.5 Å². The number of carbonyl (C=O) groups is 2. The van der Waals surface area contributed by atoms with Crippen LogP contribution in [0.1, 0.15) is 13.8 Å². The zero-order valence-electron chi connectivity index (χ0n) is 12.1. The van der Waals surface area contributed by atoms with Gasteiger partial charge in [-0.1, -0.05) is 26.0 Å². The highest BCUT2D eigenvalue weighted by molar-refractivity contribution is 9.10. The second-order valence-electron chi connectivity index (χ2n) is 4.83. The van der Waals surface area contributed by atoms with Crippen molar-refractivity contribution in [1.29, 1.82) is 5.26 Å². The lowest BCUT2D eigenvalue weighted by Gasteiger charge is -2.17. The minimum Gasteiger partial charge on any atom is -0.480 e. The number of amides is 1. The van der Waals surface area contributed by atoms with Gasteiger partial charge in [0.2, 0.25) is 0 Å². The highest BCUT2D eigenvalue weighted by atomic mass is 79.9. The molecule has 1 rings (SSSR count). The van der Waals surface area contributed by atoms with Crippen molar-refractivity contribution in [1.82, 2.24) is 5.32 Å². The van der Waals surface area contributed by atoms with E-state index < -0.39 is 17.9 Å². The lowest BCUT2D eigenvalue weighted by molar-refractivity contribution is -0.142. The highest BCUT2D eigenvalue weighted by Crippen LogP contribution is 2.21. The van der Waals surface area contributed by atoms with Crippen molar-refractivity contribution >= 4 is 33.5 Å². The van der Waals surface area contributed by atoms with E-state index in [4.69, 9.17) is 10.4 Å². The van der Waals surface area contributed by atoms with Crippen LogP contribution in [0.25, 0.3) is 0 Å². The van der Waals surface area contributed by atoms with Crippen LogP contribution in [-0.2, 0) is 9.59 Å². The van der Waals surface area contributed by atoms with Gasteiger partial charge in [-0.15, -0.1) is 0 Å². The zero-order valence-corrected chi connectivity index (χ0v) is 13.7. The molecular formula is C15H16BrN3O3. The average molecular weight is 366 g/mol. The van der Waals surface area contributed by atoms with Gasteiger partial charge < -0.3 is 15.7 Å². The summed E-state index contributed by atoms with van der Waals surface area (Å²) in [4.78, 5) is 23.1. The Labute approximate surface area is 137 Å². The summed E-state index contributed by atoms with van der Waals surface area (Å²) in [5.41, 5.74) is 0.476. The topological polar surface area (TPSA) is 102 Å². The fraction of sp³-hybridized carbons (Fsp3) is 0.267. The number of aliphatic carboxylic acids is 1. The lowest BCUT2D eigenvalue weighted by atomic mass is 10.0. The molecule has 1 aromatic carbocycles. The third-order valence-corrected chi connectivity index (χ3v) is 3.52. The van der Waals surface area contributed by atoms with Crippen molar-refractivity contribution < 1.29 is 14.7 Å². The number of nitrogens with one attached hydrogen (secondary N) is 2. The molecule has 0 aliphatic carbocycles. The number of hydrogen-bond acceptors (Lipinski definition) is 4. The molecule has 0 spiro atoms. The second kappa shape index (κ2) is 8.20. The third-order valence-electron chi connectivity index (χ3n) is 2.83. The first-order valence-electron chi connectivity index (χ1n) is 6.51. The van der Waals surface area contributed by atoms with Crippen LogP contribution in [0.4, 0.5) is 5.69 Å². The van der Waals surface area contributed by atoms with Gasteiger partial charge in [0.15, 0.2) is 0 Å². The van der Waals surface area contributed by atoms with Gasteiger partial charge in [0.25, 0.3) is 5.91 Å². The highest BCUT2D eigenvalue weighted by Gasteiger charge is 2.24. The van der Waals surface area contributed by atoms with Gasteiger partial charge in [-0.2, -0.15) is 5.26 Å². The zero-order chi connectivity index (χ0) is 16.7. The van der Waals surface area contributed by atoms with Crippen molar-refractivity contribution in [2.45, 2.75) is 19.9 Å². The van der Waals surface area contributed by atoms with Crippen LogP contribution in [0.3, 0.4) is 0 Å². The van der Waals surface area contributed by atoms with Crippen LogP contribution in [0.15, 0.2) is 40.5 Å². The summed E-state index contributed by atoms with van der Waals surface area (Å²) >= 11 is 3.33. The predicted octanol–water partition coefficient (Wildman–Crippen LogP) is 2.49. The van der Waals surface area contributed by atoms with Crippen molar-refractivity contribution in [3.8, 4) is 6.07 Å². The van der Waals surface area contributed by atoms with Crippen LogP contribution in [0, 0.1) is 17.2 Å². The molecule has 0 radical (unpaired) electrons. The first-order valence-corrected chi connectivity index (χ1v) is 7.31. The largest absolute Gasteiger partial charge is 0.480 e. The number of nitrogens with zero attached hydrogens (tertiary/aromatic N) is 1. The molecule has 7 heteroatoms. The maximum absolute atomic E-state index is 12.0. The molecule has 0 bridgehead atoms. The maximum atomic E-state index is 12.0. The predicted molar refractivity (Wildman–Crippen MR) is 85.9 cm³/mol. The fourth-order valence-corrected chi connectivity index (χ4v) is 2.01. The van der Waals surface area contributed by atoms with Gasteiger partial charge in [-0.3, -0.25) is 4.79 Å². The van der Waals surface area contributed by atoms with Crippen LogP contribution in [-0.4, -0.2) is 23.0 Å². The van der Waals surface area contributed by atoms with Crippen molar-refractivity contribution in [3.05, 3.63) is 40.5 Å². The molecule has 1 aromatic rings. The molecule has 3 N–H and O–H groups in total. The van der Waals surface area contributed by atoms with Gasteiger partial charge in [0, 0.05) is 10.7 Å². The summed E-state index contributed by atoms with van der Waals surface area (Å²) in [6.45, 7) is 3.35. The summed E-state index contributed by atoms with van der Waals surface area (Å²) in [5.74, 6) is -2.17. The SMILES string of the molecule is CC(C)C(NC(=O)/C(C#N)=C\Nc1ccccc1Br)C(=O)O. The number of anilines is 1. The minimum atomic E-state index is -1.14. The van der Waals surface area contributed by atoms with E-state index in [1.54, 1.807) is 32.0 Å². The molecule has 0 aliphatic heterocycles. The van der Waals surface area contributed by atoms with Crippen molar-refractivity contribution in [2.75, 3.05) is 5.32 Å². The summed E-state index contributed by atoms with van der Waals surface area (Å²) in [6, 6.07) is 7.91.